The van der Waals surface area contributed by atoms with Crippen molar-refractivity contribution < 1.29 is 10.9 Å². The van der Waals surface area contributed by atoms with Crippen molar-refractivity contribution in [3.05, 3.63) is 0 Å². The molecule has 0 bridgehead atoms. The van der Waals surface area contributed by atoms with Crippen molar-refractivity contribution in [2.24, 2.45) is 0 Å². The summed E-state index contributed by atoms with van der Waals surface area (Å²) < 4.78 is 7.01. The van der Waals surface area contributed by atoms with Crippen LogP contribution in [0, 0.1) is 0 Å². The van der Waals surface area contributed by atoms with Crippen LogP contribution in [0.3, 0.4) is 0 Å². The van der Waals surface area contributed by atoms with Crippen LogP contribution in [0.1, 0.15) is 26.7 Å². The second-order valence-electron chi connectivity index (χ2n) is 13.6. The Labute approximate surface area is 119 Å². The van der Waals surface area contributed by atoms with Gasteiger partial charge in [0.2, 0.25) is 0 Å². The van der Waals surface area contributed by atoms with Gasteiger partial charge in [-0.05, 0) is 32.5 Å². The Bertz CT molecular complexity index is 962. The fourth-order valence-electron chi connectivity index (χ4n) is 18.8. The number of hydrogen-bond donors (Lipinski definition) is 0. The molecule has 11 fully saturated rings. The average molecular weight is 344 g/mol. The standard InChI is InChI=1S/C7H16OSi.C6H7.C5H5.Fe/c1-7-5-4-6-9(2,3)8-7;1-6-4-2-3-5-6;1-2-4-5-3-1;/h7H,4-6H2,1-3H3;2-5H,1H3;1-5H;. The quantitative estimate of drug-likeness (QED) is 0.479. The molecule has 0 radical (unpaired) electrons. The predicted octanol–water partition coefficient (Wildman–Crippen LogP) is 6.16. The summed E-state index contributed by atoms with van der Waals surface area (Å²) in [5, 5.41) is 0. The third-order valence-corrected chi connectivity index (χ3v) is 63.7. The van der Waals surface area contributed by atoms with Crippen molar-refractivity contribution in [2.45, 2.75) is 99.6 Å². The van der Waals surface area contributed by atoms with Gasteiger partial charge in [-0.25, -0.2) is 0 Å². The zero-order valence-corrected chi connectivity index (χ0v) is 15.8. The maximum absolute atomic E-state index is 5.81. The summed E-state index contributed by atoms with van der Waals surface area (Å²) in [6.45, 7) is 7.17. The molecule has 5 atom stereocenters. The molecule has 0 aliphatic carbocycles. The van der Waals surface area contributed by atoms with Crippen LogP contribution in [0.5, 0.6) is 0 Å². The van der Waals surface area contributed by atoms with Crippen molar-refractivity contribution >= 4 is 8.32 Å². The Morgan fingerprint density at radius 1 is 0.952 bits per heavy atom. The van der Waals surface area contributed by atoms with Crippen molar-refractivity contribution in [1.29, 1.82) is 0 Å². The van der Waals surface area contributed by atoms with E-state index in [4.69, 9.17) is 4.43 Å². The number of rotatable bonds is 0. The van der Waals surface area contributed by atoms with Crippen molar-refractivity contribution in [2.75, 3.05) is 0 Å². The summed E-state index contributed by atoms with van der Waals surface area (Å²) in [4.78, 5) is 14.0. The fraction of sp³-hybridized carbons (Fsp3) is 1.00. The summed E-state index contributed by atoms with van der Waals surface area (Å²) >= 11 is 0. The molecule has 5 unspecified atom stereocenters. The molecule has 1 nitrogen and oxygen atoms in total. The first-order valence-electron chi connectivity index (χ1n) is 9.54. The average Bonchev–Trinajstić information content (AvgIpc) is 3.32. The fourth-order valence-corrected chi connectivity index (χ4v) is 96.5. The molecule has 11 aliphatic heterocycles. The van der Waals surface area contributed by atoms with Gasteiger partial charge in [-0.3, -0.25) is 0 Å². The van der Waals surface area contributed by atoms with E-state index in [-0.39, 0.29) is 0 Å². The Hall–Kier alpha value is 0.696. The van der Waals surface area contributed by atoms with Gasteiger partial charge < -0.3 is 4.43 Å². The number of fused-ring (bicyclic) bond motifs is 10. The van der Waals surface area contributed by atoms with Crippen LogP contribution < -0.4 is 0 Å². The summed E-state index contributed by atoms with van der Waals surface area (Å²) in [6, 6.07) is 1.36. The molecular formula is C18H28FeOSi. The van der Waals surface area contributed by atoms with E-state index in [0.29, 0.717) is 6.10 Å². The molecule has 0 saturated carbocycles. The van der Waals surface area contributed by atoms with E-state index in [1.807, 2.05) is 0 Å². The Kier molecular flexibility index (Phi) is 0.448. The van der Waals surface area contributed by atoms with Crippen LogP contribution in [0.2, 0.25) is 66.8 Å². The van der Waals surface area contributed by atoms with Crippen LogP contribution in [-0.2, 0) is 10.9 Å². The molecule has 0 aromatic rings. The Balaban J connectivity index is 0.0000000841. The van der Waals surface area contributed by atoms with Crippen LogP contribution in [-0.4, -0.2) is 14.4 Å². The Morgan fingerprint density at radius 2 is 1.48 bits per heavy atom. The molecule has 11 heterocycles. The van der Waals surface area contributed by atoms with Gasteiger partial charge in [0.25, 0.3) is 0 Å². The first kappa shape index (κ1) is 9.86. The van der Waals surface area contributed by atoms with E-state index in [1.165, 1.54) is 32.8 Å². The molecule has 1 spiro atoms. The van der Waals surface area contributed by atoms with Crippen LogP contribution in [0.15, 0.2) is 0 Å². The first-order valence-corrected chi connectivity index (χ1v) is 18.9. The third-order valence-electron chi connectivity index (χ3n) is 17.3. The van der Waals surface area contributed by atoms with Gasteiger partial charge in [-0.2, -0.15) is 0 Å². The van der Waals surface area contributed by atoms with Crippen molar-refractivity contribution in [1.82, 2.24) is 0 Å². The second kappa shape index (κ2) is 0.955. The first-order chi connectivity index (χ1) is 9.65. The summed E-state index contributed by atoms with van der Waals surface area (Å²) in [7, 11) is -1.15. The topological polar surface area (TPSA) is 9.23 Å². The molecule has 0 aromatic carbocycles. The van der Waals surface area contributed by atoms with E-state index in [2.05, 4.69) is 26.9 Å². The van der Waals surface area contributed by atoms with Crippen LogP contribution >= 0.6 is 0 Å². The Morgan fingerprint density at radius 3 is 1.62 bits per heavy atom. The molecule has 0 N–H and O–H groups in total. The summed E-state index contributed by atoms with van der Waals surface area (Å²) in [5.41, 5.74) is 0. The molecule has 11 rings (SSSR count). The summed E-state index contributed by atoms with van der Waals surface area (Å²) in [6.07, 6.45) is 3.21. The zero-order chi connectivity index (χ0) is 13.9. The summed E-state index contributed by atoms with van der Waals surface area (Å²) in [5.74, 6) is 0. The predicted molar refractivity (Wildman–Crippen MR) is 84.2 cm³/mol. The second-order valence-corrected chi connectivity index (χ2v) is 41.7. The van der Waals surface area contributed by atoms with Gasteiger partial charge in [-0.1, -0.05) is 6.42 Å². The third kappa shape index (κ3) is 0.142. The van der Waals surface area contributed by atoms with E-state index < -0.39 is 14.8 Å². The van der Waals surface area contributed by atoms with E-state index in [9.17, 15) is 0 Å². The van der Waals surface area contributed by atoms with Crippen LogP contribution in [0.25, 0.3) is 0 Å². The minimum absolute atomic E-state index is 0.542. The van der Waals surface area contributed by atoms with Gasteiger partial charge in [0.15, 0.2) is 8.32 Å². The molecule has 11 aliphatic rings. The van der Waals surface area contributed by atoms with Gasteiger partial charge in [-0.15, -0.1) is 0 Å². The van der Waals surface area contributed by atoms with Crippen molar-refractivity contribution in [3.8, 4) is 0 Å². The van der Waals surface area contributed by atoms with E-state index in [1.54, 1.807) is 33.7 Å². The SMILES string of the molecule is CC1CCC[Si](C)(C)O1.C[C]12[CH]3[CH]4[CH]5[CH]1[Fe]45321678[CH]2[CH]1[CH]6[CH]7[CH]28. The van der Waals surface area contributed by atoms with Crippen molar-refractivity contribution in [3.63, 3.8) is 0 Å². The van der Waals surface area contributed by atoms with Gasteiger partial charge in [0, 0.05) is 6.10 Å². The zero-order valence-electron chi connectivity index (χ0n) is 13.7. The molecule has 0 aromatic heterocycles. The van der Waals surface area contributed by atoms with Crippen LogP contribution in [0.4, 0.5) is 0 Å². The normalized spacial score (nSPS) is 108. The number of hydrogen-bond acceptors (Lipinski definition) is 1. The monoisotopic (exact) mass is 344 g/mol. The maximum atomic E-state index is 5.81. The molecule has 3 heteroatoms. The van der Waals surface area contributed by atoms with Gasteiger partial charge in [0.05, 0.1) is 0 Å². The molecule has 0 amide bonds. The van der Waals surface area contributed by atoms with Gasteiger partial charge >= 0.3 is 61.1 Å². The van der Waals surface area contributed by atoms with Gasteiger partial charge in [0.1, 0.15) is 0 Å². The minimum atomic E-state index is -2.45. The molecular weight excluding hydrogens is 316 g/mol. The van der Waals surface area contributed by atoms with E-state index >= 15 is 0 Å². The molecule has 118 valence electrons. The van der Waals surface area contributed by atoms with E-state index in [0.717, 1.165) is 0 Å². The molecule has 11 saturated heterocycles. The molecule has 21 heavy (non-hydrogen) atoms.